The van der Waals surface area contributed by atoms with Crippen LogP contribution < -0.4 is 9.64 Å². The van der Waals surface area contributed by atoms with Crippen molar-refractivity contribution in [3.05, 3.63) is 54.6 Å². The van der Waals surface area contributed by atoms with Gasteiger partial charge in [0.25, 0.3) is 0 Å². The first kappa shape index (κ1) is 22.7. The molecule has 3 rings (SSSR count). The minimum Gasteiger partial charge on any atom is -0.461 e. The number of hydrogen-bond donors (Lipinski definition) is 0. The Morgan fingerprint density at radius 1 is 1.33 bits per heavy atom. The zero-order valence-corrected chi connectivity index (χ0v) is 19.1. The number of likely N-dealkylation sites (N-methyl/N-ethyl adjacent to an activating group) is 1. The third-order valence-electron chi connectivity index (χ3n) is 5.06. The summed E-state index contributed by atoms with van der Waals surface area (Å²) in [4.78, 5) is 14.9. The standard InChI is InChI=1S/C23H27FN2O2S2/c1-4-5-9-19-14-26(18-10-7-6-8-11-18)20-12-23(29-3)21(28-16-17(24)15-27)13-22(20)30-25(19)2/h6-8,10-13,15-16,19H,4-5,9,14H2,1-3H3/b17-16-. The highest BCUT2D eigenvalue weighted by molar-refractivity contribution is 7.98. The lowest BCUT2D eigenvalue weighted by molar-refractivity contribution is -0.106. The molecule has 0 fully saturated rings. The fraction of sp³-hybridized carbons (Fsp3) is 0.348. The molecule has 0 saturated heterocycles. The summed E-state index contributed by atoms with van der Waals surface area (Å²) in [6.45, 7) is 3.10. The Kier molecular flexibility index (Phi) is 8.24. The number of hydrogen-bond acceptors (Lipinski definition) is 6. The Labute approximate surface area is 186 Å². The van der Waals surface area contributed by atoms with Gasteiger partial charge in [-0.2, -0.15) is 4.39 Å². The predicted molar refractivity (Wildman–Crippen MR) is 124 cm³/mol. The van der Waals surface area contributed by atoms with Gasteiger partial charge < -0.3 is 9.64 Å². The van der Waals surface area contributed by atoms with Gasteiger partial charge in [0.1, 0.15) is 12.0 Å². The van der Waals surface area contributed by atoms with E-state index in [-0.39, 0.29) is 6.29 Å². The van der Waals surface area contributed by atoms with Crippen LogP contribution in [0.4, 0.5) is 15.8 Å². The zero-order chi connectivity index (χ0) is 21.5. The first-order chi connectivity index (χ1) is 14.6. The Bertz CT molecular complexity index is 892. The van der Waals surface area contributed by atoms with Crippen LogP contribution in [0.15, 0.2) is 64.3 Å². The third kappa shape index (κ3) is 5.39. The highest BCUT2D eigenvalue weighted by Crippen LogP contribution is 2.45. The van der Waals surface area contributed by atoms with E-state index >= 15 is 0 Å². The van der Waals surface area contributed by atoms with Crippen molar-refractivity contribution in [1.82, 2.24) is 4.31 Å². The summed E-state index contributed by atoms with van der Waals surface area (Å²) in [7, 11) is 2.12. The number of aldehydes is 1. The number of allylic oxidation sites excluding steroid dienone is 1. The molecule has 0 amide bonds. The van der Waals surface area contributed by atoms with E-state index in [1.807, 2.05) is 18.4 Å². The molecule has 0 radical (unpaired) electrons. The zero-order valence-electron chi connectivity index (χ0n) is 17.5. The number of fused-ring (bicyclic) bond motifs is 1. The van der Waals surface area contributed by atoms with Crippen LogP contribution in [0.1, 0.15) is 26.2 Å². The number of anilines is 2. The first-order valence-corrected chi connectivity index (χ1v) is 12.0. The van der Waals surface area contributed by atoms with E-state index in [2.05, 4.69) is 53.5 Å². The topological polar surface area (TPSA) is 32.8 Å². The number of rotatable bonds is 8. The molecule has 4 nitrogen and oxygen atoms in total. The molecule has 0 aliphatic carbocycles. The van der Waals surface area contributed by atoms with E-state index in [1.165, 1.54) is 18.2 Å². The normalized spacial score (nSPS) is 17.4. The molecule has 0 spiro atoms. The van der Waals surface area contributed by atoms with Crippen molar-refractivity contribution < 1.29 is 13.9 Å². The van der Waals surface area contributed by atoms with Gasteiger partial charge >= 0.3 is 0 Å². The molecular formula is C23H27FN2O2S2. The average Bonchev–Trinajstić information content (AvgIpc) is 2.91. The molecule has 0 bridgehead atoms. The number of unbranched alkanes of at least 4 members (excludes halogenated alkanes) is 1. The average molecular weight is 447 g/mol. The molecule has 1 aliphatic heterocycles. The van der Waals surface area contributed by atoms with Crippen molar-refractivity contribution in [1.29, 1.82) is 0 Å². The van der Waals surface area contributed by atoms with E-state index < -0.39 is 5.83 Å². The molecule has 0 N–H and O–H groups in total. The Morgan fingerprint density at radius 2 is 2.10 bits per heavy atom. The van der Waals surface area contributed by atoms with Crippen molar-refractivity contribution in [3.63, 3.8) is 0 Å². The van der Waals surface area contributed by atoms with Crippen LogP contribution in [0.5, 0.6) is 5.75 Å². The number of halogens is 1. The maximum atomic E-state index is 13.3. The summed E-state index contributed by atoms with van der Waals surface area (Å²) in [5, 5.41) is 0. The fourth-order valence-corrected chi connectivity index (χ4v) is 5.02. The monoisotopic (exact) mass is 446 g/mol. The van der Waals surface area contributed by atoms with Gasteiger partial charge in [-0.3, -0.25) is 4.79 Å². The highest BCUT2D eigenvalue weighted by atomic mass is 32.2. The van der Waals surface area contributed by atoms with Crippen LogP contribution in [-0.4, -0.2) is 36.5 Å². The van der Waals surface area contributed by atoms with E-state index in [4.69, 9.17) is 4.74 Å². The van der Waals surface area contributed by atoms with Gasteiger partial charge in [0, 0.05) is 18.3 Å². The summed E-state index contributed by atoms with van der Waals surface area (Å²) in [5.41, 5.74) is 2.25. The van der Waals surface area contributed by atoms with E-state index in [0.29, 0.717) is 11.8 Å². The number of nitrogens with zero attached hydrogens (tertiary/aromatic N) is 2. The molecule has 1 aliphatic rings. The van der Waals surface area contributed by atoms with Crippen LogP contribution in [0, 0.1) is 0 Å². The number of para-hydroxylation sites is 1. The van der Waals surface area contributed by atoms with Gasteiger partial charge in [-0.05, 0) is 55.9 Å². The van der Waals surface area contributed by atoms with Gasteiger partial charge in [0.05, 0.1) is 15.5 Å². The summed E-state index contributed by atoms with van der Waals surface area (Å²) in [6, 6.07) is 14.8. The van der Waals surface area contributed by atoms with Crippen LogP contribution in [0.25, 0.3) is 0 Å². The Hall–Kier alpha value is -1.96. The lowest BCUT2D eigenvalue weighted by atomic mass is 10.1. The first-order valence-electron chi connectivity index (χ1n) is 10.00. The van der Waals surface area contributed by atoms with Crippen molar-refractivity contribution >= 4 is 41.4 Å². The predicted octanol–water partition coefficient (Wildman–Crippen LogP) is 6.45. The van der Waals surface area contributed by atoms with E-state index in [1.54, 1.807) is 11.9 Å². The van der Waals surface area contributed by atoms with E-state index in [0.717, 1.165) is 46.8 Å². The number of carbonyl (C=O) groups excluding carboxylic acids is 1. The van der Waals surface area contributed by atoms with Gasteiger partial charge in [0.15, 0.2) is 12.1 Å². The molecule has 0 aromatic heterocycles. The lowest BCUT2D eigenvalue weighted by Crippen LogP contribution is -2.35. The third-order valence-corrected chi connectivity index (χ3v) is 6.92. The summed E-state index contributed by atoms with van der Waals surface area (Å²) < 4.78 is 21.1. The molecule has 0 saturated carbocycles. The van der Waals surface area contributed by atoms with Gasteiger partial charge in [-0.15, -0.1) is 11.8 Å². The number of thioether (sulfide) groups is 1. The second-order valence-corrected chi connectivity index (χ2v) is 9.14. The molecular weight excluding hydrogens is 419 g/mol. The van der Waals surface area contributed by atoms with Gasteiger partial charge in [0.2, 0.25) is 0 Å². The second kappa shape index (κ2) is 10.9. The smallest absolute Gasteiger partial charge is 0.197 e. The molecule has 2 aromatic rings. The number of benzene rings is 2. The molecule has 1 heterocycles. The van der Waals surface area contributed by atoms with Crippen LogP contribution >= 0.6 is 23.7 Å². The molecule has 30 heavy (non-hydrogen) atoms. The largest absolute Gasteiger partial charge is 0.461 e. The number of ether oxygens (including phenoxy) is 1. The maximum absolute atomic E-state index is 13.3. The molecule has 2 aromatic carbocycles. The second-order valence-electron chi connectivity index (χ2n) is 7.09. The Balaban J connectivity index is 2.06. The summed E-state index contributed by atoms with van der Waals surface area (Å²) in [5.74, 6) is -0.397. The van der Waals surface area contributed by atoms with Crippen molar-refractivity contribution in [2.75, 3.05) is 24.7 Å². The quantitative estimate of drug-likeness (QED) is 0.152. The van der Waals surface area contributed by atoms with Crippen molar-refractivity contribution in [3.8, 4) is 5.75 Å². The van der Waals surface area contributed by atoms with Crippen LogP contribution in [0.2, 0.25) is 0 Å². The van der Waals surface area contributed by atoms with E-state index in [9.17, 15) is 9.18 Å². The molecule has 160 valence electrons. The fourth-order valence-electron chi connectivity index (χ4n) is 3.43. The Morgan fingerprint density at radius 3 is 2.77 bits per heavy atom. The SMILES string of the molecule is CCCCC1CN(c2ccccc2)c2cc(SC)c(O/C=C(\F)C=O)cc2SN1C. The maximum Gasteiger partial charge on any atom is 0.197 e. The van der Waals surface area contributed by atoms with Crippen LogP contribution in [0.3, 0.4) is 0 Å². The highest BCUT2D eigenvalue weighted by Gasteiger charge is 2.28. The van der Waals surface area contributed by atoms with Crippen molar-refractivity contribution in [2.24, 2.45) is 0 Å². The minimum absolute atomic E-state index is 0.139. The summed E-state index contributed by atoms with van der Waals surface area (Å²) in [6.07, 6.45) is 6.41. The number of carbonyl (C=O) groups is 1. The molecule has 1 unspecified atom stereocenters. The minimum atomic E-state index is -0.938. The molecule has 1 atom stereocenters. The van der Waals surface area contributed by atoms with Gasteiger partial charge in [-0.1, -0.05) is 38.0 Å². The van der Waals surface area contributed by atoms with Crippen LogP contribution in [-0.2, 0) is 4.79 Å². The van der Waals surface area contributed by atoms with Crippen molar-refractivity contribution in [2.45, 2.75) is 42.0 Å². The lowest BCUT2D eigenvalue weighted by Gasteiger charge is -2.30. The molecule has 7 heteroatoms. The summed E-state index contributed by atoms with van der Waals surface area (Å²) >= 11 is 3.21. The van der Waals surface area contributed by atoms with Gasteiger partial charge in [-0.25, -0.2) is 4.31 Å².